The lowest BCUT2D eigenvalue weighted by molar-refractivity contribution is -0.118. The summed E-state index contributed by atoms with van der Waals surface area (Å²) in [6.07, 6.45) is 3.26. The maximum absolute atomic E-state index is 11.5. The summed E-state index contributed by atoms with van der Waals surface area (Å²) in [7, 11) is 1.60. The second-order valence-corrected chi connectivity index (χ2v) is 3.99. The minimum absolute atomic E-state index is 0.455. The number of hydrogen-bond acceptors (Lipinski definition) is 4. The van der Waals surface area contributed by atoms with Gasteiger partial charge < -0.3 is 15.8 Å². The highest BCUT2D eigenvalue weighted by Crippen LogP contribution is 2.21. The molecular weight excluding hydrogens is 242 g/mol. The zero-order valence-electron chi connectivity index (χ0n) is 10.5. The lowest BCUT2D eigenvalue weighted by atomic mass is 10.1. The normalized spacial score (nSPS) is 11.6. The summed E-state index contributed by atoms with van der Waals surface area (Å²) in [5, 5.41) is 3.08. The molecule has 2 aromatic rings. The van der Waals surface area contributed by atoms with Gasteiger partial charge in [-0.05, 0) is 30.3 Å². The van der Waals surface area contributed by atoms with Gasteiger partial charge in [0.25, 0.3) is 0 Å². The van der Waals surface area contributed by atoms with Crippen LogP contribution in [0.25, 0.3) is 0 Å². The Morgan fingerprint density at radius 2 is 2.05 bits per heavy atom. The molecule has 5 heteroatoms. The Bertz CT molecular complexity index is 540. The van der Waals surface area contributed by atoms with E-state index in [0.717, 1.165) is 17.0 Å². The van der Waals surface area contributed by atoms with Crippen LogP contribution in [0, 0.1) is 0 Å². The SMILES string of the molecule is COc1ccc(NC(C(N)=O)c2cccnc2)cc1. The van der Waals surface area contributed by atoms with Crippen LogP contribution < -0.4 is 15.8 Å². The predicted molar refractivity (Wildman–Crippen MR) is 72.8 cm³/mol. The smallest absolute Gasteiger partial charge is 0.244 e. The summed E-state index contributed by atoms with van der Waals surface area (Å²) < 4.78 is 5.08. The molecule has 0 saturated heterocycles. The number of nitrogens with two attached hydrogens (primary N) is 1. The maximum atomic E-state index is 11.5. The molecule has 0 aliphatic rings. The Balaban J connectivity index is 2.19. The van der Waals surface area contributed by atoms with Gasteiger partial charge in [0, 0.05) is 23.6 Å². The van der Waals surface area contributed by atoms with Crippen LogP contribution in [0.4, 0.5) is 5.69 Å². The predicted octanol–water partition coefficient (Wildman–Crippen LogP) is 1.73. The third-order valence-corrected chi connectivity index (χ3v) is 2.70. The van der Waals surface area contributed by atoms with E-state index in [9.17, 15) is 4.79 Å². The maximum Gasteiger partial charge on any atom is 0.244 e. The lowest BCUT2D eigenvalue weighted by Gasteiger charge is -2.16. The van der Waals surface area contributed by atoms with Crippen molar-refractivity contribution in [2.45, 2.75) is 6.04 Å². The number of rotatable bonds is 5. The van der Waals surface area contributed by atoms with E-state index in [1.807, 2.05) is 24.3 Å². The number of methoxy groups -OCH3 is 1. The first-order chi connectivity index (χ1) is 9.20. The minimum Gasteiger partial charge on any atom is -0.497 e. The van der Waals surface area contributed by atoms with Crippen molar-refractivity contribution in [1.82, 2.24) is 4.98 Å². The van der Waals surface area contributed by atoms with E-state index in [1.54, 1.807) is 31.6 Å². The van der Waals surface area contributed by atoms with Crippen LogP contribution in [0.1, 0.15) is 11.6 Å². The quantitative estimate of drug-likeness (QED) is 0.855. The Morgan fingerprint density at radius 3 is 2.58 bits per heavy atom. The van der Waals surface area contributed by atoms with Crippen LogP contribution in [-0.2, 0) is 4.79 Å². The van der Waals surface area contributed by atoms with Gasteiger partial charge in [-0.2, -0.15) is 0 Å². The first-order valence-electron chi connectivity index (χ1n) is 5.80. The summed E-state index contributed by atoms with van der Waals surface area (Å²) in [6, 6.07) is 10.2. The molecule has 0 aliphatic carbocycles. The Morgan fingerprint density at radius 1 is 1.32 bits per heavy atom. The number of amides is 1. The molecule has 1 amide bonds. The molecule has 0 spiro atoms. The standard InChI is InChI=1S/C14H15N3O2/c1-19-12-6-4-11(5-7-12)17-13(14(15)18)10-3-2-8-16-9-10/h2-9,13,17H,1H3,(H2,15,18). The Hall–Kier alpha value is -2.56. The number of carbonyl (C=O) groups excluding carboxylic acids is 1. The van der Waals surface area contributed by atoms with E-state index in [4.69, 9.17) is 10.5 Å². The van der Waals surface area contributed by atoms with Crippen LogP contribution in [0.2, 0.25) is 0 Å². The number of hydrogen-bond donors (Lipinski definition) is 2. The number of ether oxygens (including phenoxy) is 1. The first kappa shape index (κ1) is 12.9. The van der Waals surface area contributed by atoms with Gasteiger partial charge in [0.1, 0.15) is 11.8 Å². The first-order valence-corrected chi connectivity index (χ1v) is 5.80. The number of carbonyl (C=O) groups is 1. The van der Waals surface area contributed by atoms with Gasteiger partial charge in [-0.1, -0.05) is 6.07 Å². The third-order valence-electron chi connectivity index (χ3n) is 2.70. The van der Waals surface area contributed by atoms with Gasteiger partial charge in [-0.15, -0.1) is 0 Å². The number of nitrogens with zero attached hydrogens (tertiary/aromatic N) is 1. The lowest BCUT2D eigenvalue weighted by Crippen LogP contribution is -2.27. The van der Waals surface area contributed by atoms with Gasteiger partial charge >= 0.3 is 0 Å². The van der Waals surface area contributed by atoms with Gasteiger partial charge in [0.15, 0.2) is 0 Å². The molecular formula is C14H15N3O2. The van der Waals surface area contributed by atoms with Crippen LogP contribution in [0.3, 0.4) is 0 Å². The molecule has 0 fully saturated rings. The van der Waals surface area contributed by atoms with E-state index in [2.05, 4.69) is 10.3 Å². The molecule has 1 aromatic carbocycles. The number of primary amides is 1. The van der Waals surface area contributed by atoms with Crippen LogP contribution in [-0.4, -0.2) is 18.0 Å². The number of aromatic nitrogens is 1. The topological polar surface area (TPSA) is 77.2 Å². The molecule has 1 heterocycles. The zero-order valence-corrected chi connectivity index (χ0v) is 10.5. The van der Waals surface area contributed by atoms with Gasteiger partial charge in [0.2, 0.25) is 5.91 Å². The molecule has 2 rings (SSSR count). The van der Waals surface area contributed by atoms with Crippen molar-refractivity contribution in [3.63, 3.8) is 0 Å². The molecule has 5 nitrogen and oxygen atoms in total. The van der Waals surface area contributed by atoms with Crippen molar-refractivity contribution in [3.05, 3.63) is 54.4 Å². The Labute approximate surface area is 111 Å². The van der Waals surface area contributed by atoms with Crippen molar-refractivity contribution >= 4 is 11.6 Å². The molecule has 98 valence electrons. The summed E-state index contributed by atoms with van der Waals surface area (Å²) in [5.74, 6) is 0.298. The Kier molecular flexibility index (Phi) is 3.97. The highest BCUT2D eigenvalue weighted by Gasteiger charge is 2.17. The number of anilines is 1. The number of pyridine rings is 1. The fourth-order valence-electron chi connectivity index (χ4n) is 1.72. The highest BCUT2D eigenvalue weighted by molar-refractivity contribution is 5.84. The molecule has 1 atom stereocenters. The van der Waals surface area contributed by atoms with E-state index in [0.29, 0.717) is 0 Å². The molecule has 0 radical (unpaired) electrons. The summed E-state index contributed by atoms with van der Waals surface area (Å²) in [5.41, 5.74) is 6.93. The largest absolute Gasteiger partial charge is 0.497 e. The third kappa shape index (κ3) is 3.22. The molecule has 1 unspecified atom stereocenters. The van der Waals surface area contributed by atoms with Crippen molar-refractivity contribution in [1.29, 1.82) is 0 Å². The van der Waals surface area contributed by atoms with Gasteiger partial charge in [-0.25, -0.2) is 0 Å². The fraction of sp³-hybridized carbons (Fsp3) is 0.143. The van der Waals surface area contributed by atoms with E-state index >= 15 is 0 Å². The minimum atomic E-state index is -0.609. The van der Waals surface area contributed by atoms with Crippen LogP contribution in [0.5, 0.6) is 5.75 Å². The molecule has 0 aliphatic heterocycles. The van der Waals surface area contributed by atoms with E-state index < -0.39 is 11.9 Å². The molecule has 19 heavy (non-hydrogen) atoms. The molecule has 0 saturated carbocycles. The average Bonchev–Trinajstić information content (AvgIpc) is 2.46. The summed E-state index contributed by atoms with van der Waals surface area (Å²) >= 11 is 0. The van der Waals surface area contributed by atoms with Gasteiger partial charge in [0.05, 0.1) is 7.11 Å². The van der Waals surface area contributed by atoms with E-state index in [-0.39, 0.29) is 0 Å². The fourth-order valence-corrected chi connectivity index (χ4v) is 1.72. The molecule has 0 bridgehead atoms. The zero-order chi connectivity index (χ0) is 13.7. The van der Waals surface area contributed by atoms with Crippen molar-refractivity contribution < 1.29 is 9.53 Å². The van der Waals surface area contributed by atoms with Crippen molar-refractivity contribution in [3.8, 4) is 5.75 Å². The average molecular weight is 257 g/mol. The second-order valence-electron chi connectivity index (χ2n) is 3.99. The van der Waals surface area contributed by atoms with E-state index in [1.165, 1.54) is 0 Å². The number of benzene rings is 1. The molecule has 1 aromatic heterocycles. The van der Waals surface area contributed by atoms with Crippen molar-refractivity contribution in [2.24, 2.45) is 5.73 Å². The van der Waals surface area contributed by atoms with Crippen LogP contribution >= 0.6 is 0 Å². The summed E-state index contributed by atoms with van der Waals surface area (Å²) in [6.45, 7) is 0. The number of nitrogens with one attached hydrogen (secondary N) is 1. The summed E-state index contributed by atoms with van der Waals surface area (Å²) in [4.78, 5) is 15.5. The van der Waals surface area contributed by atoms with Gasteiger partial charge in [-0.3, -0.25) is 9.78 Å². The monoisotopic (exact) mass is 257 g/mol. The van der Waals surface area contributed by atoms with Crippen LogP contribution in [0.15, 0.2) is 48.8 Å². The molecule has 3 N–H and O–H groups in total. The van der Waals surface area contributed by atoms with Crippen molar-refractivity contribution in [2.75, 3.05) is 12.4 Å². The highest BCUT2D eigenvalue weighted by atomic mass is 16.5. The second kappa shape index (κ2) is 5.86.